The lowest BCUT2D eigenvalue weighted by Crippen LogP contribution is -2.23. The van der Waals surface area contributed by atoms with Crippen LogP contribution >= 0.6 is 0 Å². The van der Waals surface area contributed by atoms with Crippen LogP contribution in [-0.2, 0) is 12.7 Å². The zero-order valence-corrected chi connectivity index (χ0v) is 14.3. The van der Waals surface area contributed by atoms with Gasteiger partial charge in [-0.05, 0) is 43.3 Å². The molecule has 0 bridgehead atoms. The quantitative estimate of drug-likeness (QED) is 0.718. The summed E-state index contributed by atoms with van der Waals surface area (Å²) in [5.74, 6) is 4.92. The number of halogens is 3. The van der Waals surface area contributed by atoms with E-state index in [-0.39, 0.29) is 18.0 Å². The minimum absolute atomic E-state index is 0.00870. The highest BCUT2D eigenvalue weighted by atomic mass is 19.4. The van der Waals surface area contributed by atoms with Gasteiger partial charge in [-0.3, -0.25) is 4.79 Å². The number of carbonyl (C=O) groups excluding carboxylic acids is 1. The van der Waals surface area contributed by atoms with Crippen molar-refractivity contribution in [2.24, 2.45) is 0 Å². The van der Waals surface area contributed by atoms with Crippen LogP contribution in [0.5, 0.6) is 0 Å². The van der Waals surface area contributed by atoms with E-state index >= 15 is 0 Å². The molecule has 138 valence electrons. The van der Waals surface area contributed by atoms with Gasteiger partial charge in [-0.2, -0.15) is 13.2 Å². The molecule has 3 aromatic rings. The summed E-state index contributed by atoms with van der Waals surface area (Å²) in [5.41, 5.74) is 1.33. The zero-order chi connectivity index (χ0) is 19.4. The van der Waals surface area contributed by atoms with Gasteiger partial charge < -0.3 is 5.32 Å². The fourth-order valence-electron chi connectivity index (χ4n) is 2.49. The van der Waals surface area contributed by atoms with Gasteiger partial charge >= 0.3 is 6.18 Å². The standard InChI is InChI=1S/C19H15F3N4O/c1-2-26-17-9-8-14(12-16(17)24-25-26)18(27)23-10-4-6-13-5-3-7-15(11-13)19(20,21)22/h3,5,7-9,11-12H,2,10H2,1H3,(H,23,27). The second-order valence-electron chi connectivity index (χ2n) is 5.67. The molecule has 0 aliphatic heterocycles. The molecule has 1 heterocycles. The maximum Gasteiger partial charge on any atom is 0.416 e. The smallest absolute Gasteiger partial charge is 0.341 e. The molecule has 0 unspecified atom stereocenters. The zero-order valence-electron chi connectivity index (χ0n) is 14.3. The van der Waals surface area contributed by atoms with Gasteiger partial charge in [0.2, 0.25) is 0 Å². The van der Waals surface area contributed by atoms with E-state index in [2.05, 4.69) is 27.5 Å². The van der Waals surface area contributed by atoms with Crippen molar-refractivity contribution in [3.05, 3.63) is 59.2 Å². The summed E-state index contributed by atoms with van der Waals surface area (Å²) in [6.07, 6.45) is -4.41. The fraction of sp³-hybridized carbons (Fsp3) is 0.211. The summed E-state index contributed by atoms with van der Waals surface area (Å²) in [4.78, 5) is 12.2. The minimum atomic E-state index is -4.41. The first-order valence-electron chi connectivity index (χ1n) is 8.16. The Labute approximate surface area is 153 Å². The van der Waals surface area contributed by atoms with Crippen molar-refractivity contribution < 1.29 is 18.0 Å². The number of aryl methyl sites for hydroxylation is 1. The summed E-state index contributed by atoms with van der Waals surface area (Å²) in [6, 6.07) is 9.79. The molecule has 2 aromatic carbocycles. The normalized spacial score (nSPS) is 11.1. The maximum absolute atomic E-state index is 12.7. The van der Waals surface area contributed by atoms with Crippen LogP contribution in [0.15, 0.2) is 42.5 Å². The molecule has 27 heavy (non-hydrogen) atoms. The lowest BCUT2D eigenvalue weighted by molar-refractivity contribution is -0.137. The highest BCUT2D eigenvalue weighted by molar-refractivity contribution is 5.97. The lowest BCUT2D eigenvalue weighted by Gasteiger charge is -2.05. The molecule has 0 atom stereocenters. The van der Waals surface area contributed by atoms with Crippen LogP contribution in [0.4, 0.5) is 13.2 Å². The molecule has 3 rings (SSSR count). The molecule has 1 N–H and O–H groups in total. The van der Waals surface area contributed by atoms with Gasteiger partial charge in [0.15, 0.2) is 0 Å². The van der Waals surface area contributed by atoms with Gasteiger partial charge in [-0.1, -0.05) is 23.1 Å². The van der Waals surface area contributed by atoms with Crippen molar-refractivity contribution in [3.8, 4) is 11.8 Å². The summed E-state index contributed by atoms with van der Waals surface area (Å²) in [5, 5.41) is 10.6. The predicted octanol–water partition coefficient (Wildman–Crippen LogP) is 3.25. The third-order valence-electron chi connectivity index (χ3n) is 3.84. The number of nitrogens with zero attached hydrogens (tertiary/aromatic N) is 3. The van der Waals surface area contributed by atoms with Gasteiger partial charge in [0.25, 0.3) is 5.91 Å². The Balaban J connectivity index is 1.64. The molecule has 0 fully saturated rings. The average molecular weight is 372 g/mol. The maximum atomic E-state index is 12.7. The number of fused-ring (bicyclic) bond motifs is 1. The number of nitrogens with one attached hydrogen (secondary N) is 1. The van der Waals surface area contributed by atoms with E-state index < -0.39 is 11.7 Å². The molecule has 8 heteroatoms. The number of carbonyl (C=O) groups is 1. The van der Waals surface area contributed by atoms with Gasteiger partial charge in [0, 0.05) is 17.7 Å². The minimum Gasteiger partial charge on any atom is -0.341 e. The summed E-state index contributed by atoms with van der Waals surface area (Å²) in [7, 11) is 0. The van der Waals surface area contributed by atoms with E-state index in [1.807, 2.05) is 6.92 Å². The summed E-state index contributed by atoms with van der Waals surface area (Å²) in [6.45, 7) is 2.62. The van der Waals surface area contributed by atoms with Gasteiger partial charge in [0.05, 0.1) is 17.6 Å². The Kier molecular flexibility index (Phi) is 5.12. The number of hydrogen-bond donors (Lipinski definition) is 1. The topological polar surface area (TPSA) is 59.8 Å². The Hall–Kier alpha value is -3.34. The molecule has 5 nitrogen and oxygen atoms in total. The Morgan fingerprint density at radius 2 is 2.04 bits per heavy atom. The van der Waals surface area contributed by atoms with Gasteiger partial charge in [0.1, 0.15) is 5.52 Å². The van der Waals surface area contributed by atoms with Gasteiger partial charge in [-0.25, -0.2) is 4.68 Å². The van der Waals surface area contributed by atoms with Crippen LogP contribution in [0.3, 0.4) is 0 Å². The molecular formula is C19H15F3N4O. The lowest BCUT2D eigenvalue weighted by atomic mass is 10.1. The van der Waals surface area contributed by atoms with E-state index in [1.165, 1.54) is 12.1 Å². The van der Waals surface area contributed by atoms with Crippen LogP contribution in [0, 0.1) is 11.8 Å². The van der Waals surface area contributed by atoms with E-state index in [4.69, 9.17) is 0 Å². The first-order valence-corrected chi connectivity index (χ1v) is 8.16. The van der Waals surface area contributed by atoms with Gasteiger partial charge in [-0.15, -0.1) is 5.10 Å². The number of aromatic nitrogens is 3. The highest BCUT2D eigenvalue weighted by Gasteiger charge is 2.30. The molecule has 0 saturated heterocycles. The van der Waals surface area contributed by atoms with Crippen molar-refractivity contribution in [1.29, 1.82) is 0 Å². The van der Waals surface area contributed by atoms with Crippen molar-refractivity contribution in [3.63, 3.8) is 0 Å². The molecule has 0 aliphatic carbocycles. The Morgan fingerprint density at radius 3 is 2.78 bits per heavy atom. The Bertz CT molecular complexity index is 1040. The van der Waals surface area contributed by atoms with Crippen molar-refractivity contribution >= 4 is 16.9 Å². The second kappa shape index (κ2) is 7.50. The van der Waals surface area contributed by atoms with Crippen molar-refractivity contribution in [2.45, 2.75) is 19.6 Å². The largest absolute Gasteiger partial charge is 0.416 e. The number of benzene rings is 2. The van der Waals surface area contributed by atoms with E-state index in [0.29, 0.717) is 17.6 Å². The monoisotopic (exact) mass is 372 g/mol. The van der Waals surface area contributed by atoms with E-state index in [9.17, 15) is 18.0 Å². The third-order valence-corrected chi connectivity index (χ3v) is 3.84. The molecule has 1 amide bonds. The van der Waals surface area contributed by atoms with E-state index in [1.54, 1.807) is 22.9 Å². The molecule has 0 saturated carbocycles. The average Bonchev–Trinajstić information content (AvgIpc) is 3.07. The third kappa shape index (κ3) is 4.26. The van der Waals surface area contributed by atoms with Crippen molar-refractivity contribution in [2.75, 3.05) is 6.54 Å². The molecule has 0 spiro atoms. The number of rotatable bonds is 3. The van der Waals surface area contributed by atoms with Crippen LogP contribution in [-0.4, -0.2) is 27.4 Å². The second-order valence-corrected chi connectivity index (χ2v) is 5.67. The molecular weight excluding hydrogens is 357 g/mol. The number of alkyl halides is 3. The van der Waals surface area contributed by atoms with Crippen LogP contribution < -0.4 is 5.32 Å². The number of amides is 1. The highest BCUT2D eigenvalue weighted by Crippen LogP contribution is 2.29. The Morgan fingerprint density at radius 1 is 1.22 bits per heavy atom. The SMILES string of the molecule is CCn1nnc2cc(C(=O)NCC#Cc3cccc(C(F)(F)F)c3)ccc21. The number of hydrogen-bond acceptors (Lipinski definition) is 3. The van der Waals surface area contributed by atoms with Crippen LogP contribution in [0.1, 0.15) is 28.4 Å². The summed E-state index contributed by atoms with van der Waals surface area (Å²) >= 11 is 0. The molecule has 1 aromatic heterocycles. The van der Waals surface area contributed by atoms with Crippen molar-refractivity contribution in [1.82, 2.24) is 20.3 Å². The molecule has 0 radical (unpaired) electrons. The predicted molar refractivity (Wildman–Crippen MR) is 93.9 cm³/mol. The van der Waals surface area contributed by atoms with Crippen LogP contribution in [0.2, 0.25) is 0 Å². The summed E-state index contributed by atoms with van der Waals surface area (Å²) < 4.78 is 39.7. The van der Waals surface area contributed by atoms with Crippen LogP contribution in [0.25, 0.3) is 11.0 Å². The van der Waals surface area contributed by atoms with E-state index in [0.717, 1.165) is 17.6 Å². The first kappa shape index (κ1) is 18.5. The molecule has 0 aliphatic rings. The first-order chi connectivity index (χ1) is 12.9. The fourth-order valence-corrected chi connectivity index (χ4v) is 2.49.